The van der Waals surface area contributed by atoms with Gasteiger partial charge in [0.1, 0.15) is 24.0 Å². The zero-order chi connectivity index (χ0) is 13.1. The number of benzene rings is 2. The molecule has 0 aliphatic carbocycles. The Labute approximate surface area is 108 Å². The predicted octanol–water partition coefficient (Wildman–Crippen LogP) is 3.78. The summed E-state index contributed by atoms with van der Waals surface area (Å²) in [7, 11) is 0. The first-order valence-corrected chi connectivity index (χ1v) is 5.56. The van der Waals surface area contributed by atoms with Gasteiger partial charge in [-0.05, 0) is 30.3 Å². The lowest BCUT2D eigenvalue weighted by molar-refractivity contribution is 0.306. The zero-order valence-electron chi connectivity index (χ0n) is 9.29. The SMILES string of the molecule is Nc1ccc(F)cc1COc1ccc(F)c(Cl)c1. The summed E-state index contributed by atoms with van der Waals surface area (Å²) in [6, 6.07) is 8.02. The van der Waals surface area contributed by atoms with Crippen molar-refractivity contribution in [2.45, 2.75) is 6.61 Å². The van der Waals surface area contributed by atoms with Gasteiger partial charge in [-0.15, -0.1) is 0 Å². The molecule has 0 amide bonds. The molecule has 0 aliphatic rings. The lowest BCUT2D eigenvalue weighted by atomic mass is 10.2. The third-order valence-corrected chi connectivity index (χ3v) is 2.68. The van der Waals surface area contributed by atoms with Crippen LogP contribution >= 0.6 is 11.6 Å². The molecule has 18 heavy (non-hydrogen) atoms. The van der Waals surface area contributed by atoms with Crippen molar-refractivity contribution < 1.29 is 13.5 Å². The molecule has 0 bridgehead atoms. The molecule has 0 saturated carbocycles. The van der Waals surface area contributed by atoms with Crippen LogP contribution in [0.15, 0.2) is 36.4 Å². The predicted molar refractivity (Wildman–Crippen MR) is 66.6 cm³/mol. The number of nitrogen functional groups attached to an aromatic ring is 1. The molecule has 2 aromatic carbocycles. The fourth-order valence-corrected chi connectivity index (χ4v) is 1.60. The van der Waals surface area contributed by atoms with Crippen LogP contribution in [-0.2, 0) is 6.61 Å². The van der Waals surface area contributed by atoms with E-state index in [-0.39, 0.29) is 17.4 Å². The molecule has 0 heterocycles. The van der Waals surface area contributed by atoms with E-state index in [1.807, 2.05) is 0 Å². The highest BCUT2D eigenvalue weighted by atomic mass is 35.5. The second-order valence-electron chi connectivity index (χ2n) is 3.71. The van der Waals surface area contributed by atoms with Gasteiger partial charge in [-0.2, -0.15) is 0 Å². The first kappa shape index (κ1) is 12.6. The lowest BCUT2D eigenvalue weighted by Gasteiger charge is -2.09. The average molecular weight is 270 g/mol. The molecule has 5 heteroatoms. The van der Waals surface area contributed by atoms with Crippen LogP contribution in [0.1, 0.15) is 5.56 Å². The van der Waals surface area contributed by atoms with Gasteiger partial charge >= 0.3 is 0 Å². The summed E-state index contributed by atoms with van der Waals surface area (Å²) in [4.78, 5) is 0. The quantitative estimate of drug-likeness (QED) is 0.861. The van der Waals surface area contributed by atoms with E-state index < -0.39 is 5.82 Å². The van der Waals surface area contributed by atoms with E-state index in [1.54, 1.807) is 0 Å². The Bertz CT molecular complexity index is 575. The molecule has 0 radical (unpaired) electrons. The van der Waals surface area contributed by atoms with Crippen molar-refractivity contribution in [1.82, 2.24) is 0 Å². The van der Waals surface area contributed by atoms with Crippen LogP contribution in [0.3, 0.4) is 0 Å². The molecule has 2 N–H and O–H groups in total. The van der Waals surface area contributed by atoms with E-state index in [4.69, 9.17) is 22.1 Å². The summed E-state index contributed by atoms with van der Waals surface area (Å²) in [5.41, 5.74) is 6.63. The standard InChI is InChI=1S/C13H10ClF2NO/c14-11-6-10(2-3-12(11)16)18-7-8-5-9(15)1-4-13(8)17/h1-6H,7,17H2. The largest absolute Gasteiger partial charge is 0.489 e. The van der Waals surface area contributed by atoms with Gasteiger partial charge < -0.3 is 10.5 Å². The molecule has 0 saturated heterocycles. The molecule has 0 spiro atoms. The van der Waals surface area contributed by atoms with Crippen LogP contribution in [0.2, 0.25) is 5.02 Å². The van der Waals surface area contributed by atoms with Crippen molar-refractivity contribution >= 4 is 17.3 Å². The van der Waals surface area contributed by atoms with Gasteiger partial charge in [0.05, 0.1) is 5.02 Å². The first-order chi connectivity index (χ1) is 8.56. The minimum Gasteiger partial charge on any atom is -0.489 e. The topological polar surface area (TPSA) is 35.2 Å². The second-order valence-corrected chi connectivity index (χ2v) is 4.11. The molecule has 0 unspecified atom stereocenters. The van der Waals surface area contributed by atoms with Crippen LogP contribution in [0.5, 0.6) is 5.75 Å². The van der Waals surface area contributed by atoms with Gasteiger partial charge in [-0.1, -0.05) is 11.6 Å². The van der Waals surface area contributed by atoms with Gasteiger partial charge in [0.25, 0.3) is 0 Å². The highest BCUT2D eigenvalue weighted by Gasteiger charge is 2.05. The minimum absolute atomic E-state index is 0.0280. The molecule has 0 fully saturated rings. The maximum atomic E-state index is 13.0. The van der Waals surface area contributed by atoms with Crippen molar-refractivity contribution in [3.63, 3.8) is 0 Å². The lowest BCUT2D eigenvalue weighted by Crippen LogP contribution is -2.01. The zero-order valence-corrected chi connectivity index (χ0v) is 10.0. The number of ether oxygens (including phenoxy) is 1. The van der Waals surface area contributed by atoms with E-state index >= 15 is 0 Å². The monoisotopic (exact) mass is 269 g/mol. The molecule has 2 nitrogen and oxygen atoms in total. The van der Waals surface area contributed by atoms with Crippen LogP contribution in [0.4, 0.5) is 14.5 Å². The molecule has 94 valence electrons. The van der Waals surface area contributed by atoms with E-state index in [0.29, 0.717) is 17.0 Å². The summed E-state index contributed by atoms with van der Waals surface area (Å²) in [5, 5.41) is -0.0280. The maximum absolute atomic E-state index is 13.0. The van der Waals surface area contributed by atoms with Crippen LogP contribution in [-0.4, -0.2) is 0 Å². The summed E-state index contributed by atoms with van der Waals surface area (Å²) in [6.45, 7) is 0.0888. The van der Waals surface area contributed by atoms with Gasteiger partial charge in [0.15, 0.2) is 0 Å². The summed E-state index contributed by atoms with van der Waals surface area (Å²) < 4.78 is 31.3. The molecule has 0 atom stereocenters. The average Bonchev–Trinajstić information content (AvgIpc) is 2.34. The van der Waals surface area contributed by atoms with Crippen molar-refractivity contribution in [2.75, 3.05) is 5.73 Å². The third-order valence-electron chi connectivity index (χ3n) is 2.39. The van der Waals surface area contributed by atoms with E-state index in [0.717, 1.165) is 0 Å². The Morgan fingerprint density at radius 2 is 1.89 bits per heavy atom. The van der Waals surface area contributed by atoms with Gasteiger partial charge in [0, 0.05) is 17.3 Å². The molecular weight excluding hydrogens is 260 g/mol. The van der Waals surface area contributed by atoms with Crippen molar-refractivity contribution in [2.24, 2.45) is 0 Å². The molecule has 0 aromatic heterocycles. The molecule has 0 aliphatic heterocycles. The van der Waals surface area contributed by atoms with Crippen molar-refractivity contribution in [3.05, 3.63) is 58.6 Å². The van der Waals surface area contributed by atoms with Gasteiger partial charge in [-0.3, -0.25) is 0 Å². The van der Waals surface area contributed by atoms with Crippen molar-refractivity contribution in [3.8, 4) is 5.75 Å². The van der Waals surface area contributed by atoms with E-state index in [2.05, 4.69) is 0 Å². The second kappa shape index (κ2) is 5.23. The minimum atomic E-state index is -0.519. The van der Waals surface area contributed by atoms with Crippen LogP contribution < -0.4 is 10.5 Å². The maximum Gasteiger partial charge on any atom is 0.142 e. The number of rotatable bonds is 3. The molecule has 2 rings (SSSR count). The first-order valence-electron chi connectivity index (χ1n) is 5.18. The van der Waals surface area contributed by atoms with Gasteiger partial charge in [-0.25, -0.2) is 8.78 Å². The normalized spacial score (nSPS) is 10.4. The molecular formula is C13H10ClF2NO. The number of halogens is 3. The number of nitrogens with two attached hydrogens (primary N) is 1. The third kappa shape index (κ3) is 2.90. The fraction of sp³-hybridized carbons (Fsp3) is 0.0769. The van der Waals surface area contributed by atoms with E-state index in [9.17, 15) is 8.78 Å². The Kier molecular flexibility index (Phi) is 3.67. The Balaban J connectivity index is 2.11. The number of anilines is 1. The highest BCUT2D eigenvalue weighted by Crippen LogP contribution is 2.23. The Morgan fingerprint density at radius 3 is 2.61 bits per heavy atom. The number of hydrogen-bond donors (Lipinski definition) is 1. The molecule has 2 aromatic rings. The number of hydrogen-bond acceptors (Lipinski definition) is 2. The fourth-order valence-electron chi connectivity index (χ4n) is 1.43. The van der Waals surface area contributed by atoms with E-state index in [1.165, 1.54) is 36.4 Å². The smallest absolute Gasteiger partial charge is 0.142 e. The highest BCUT2D eigenvalue weighted by molar-refractivity contribution is 6.30. The Hall–Kier alpha value is -1.81. The van der Waals surface area contributed by atoms with Crippen LogP contribution in [0, 0.1) is 11.6 Å². The summed E-state index contributed by atoms with van der Waals surface area (Å²) in [6.07, 6.45) is 0. The summed E-state index contributed by atoms with van der Waals surface area (Å²) >= 11 is 5.61. The summed E-state index contributed by atoms with van der Waals surface area (Å²) in [5.74, 6) is -0.515. The Morgan fingerprint density at radius 1 is 1.11 bits per heavy atom. The van der Waals surface area contributed by atoms with Crippen molar-refractivity contribution in [1.29, 1.82) is 0 Å². The van der Waals surface area contributed by atoms with Gasteiger partial charge in [0.2, 0.25) is 0 Å². The van der Waals surface area contributed by atoms with Crippen LogP contribution in [0.25, 0.3) is 0 Å².